The number of nitrogen functional groups attached to an aromatic ring is 1. The maximum Gasteiger partial charge on any atom is 0.410 e. The van der Waals surface area contributed by atoms with Crippen LogP contribution in [0.25, 0.3) is 0 Å². The Labute approximate surface area is 221 Å². The summed E-state index contributed by atoms with van der Waals surface area (Å²) in [5.74, 6) is -0.338. The quantitative estimate of drug-likeness (QED) is 0.362. The van der Waals surface area contributed by atoms with Crippen LogP contribution in [0, 0.1) is 0 Å². The minimum absolute atomic E-state index is 0.00733. The Kier molecular flexibility index (Phi) is 9.24. The molecule has 3 rings (SSSR count). The number of benzene rings is 1. The standard InChI is InChI=1S/C27H35F2N5O4/c1-16(2)37-22-14-20(30)17(13-19(22)25(35)33-23-8-6-7-21(32-23)24(28)29)15-31-18-9-11-34(12-10-18)26(36)38-27(3,4)5/h6-8,13-16,18,24H,9-12,30H2,1-5H3,(H,32,33,35). The van der Waals surface area contributed by atoms with Crippen molar-refractivity contribution in [2.45, 2.75) is 71.6 Å². The molecule has 38 heavy (non-hydrogen) atoms. The Morgan fingerprint density at radius 2 is 1.89 bits per heavy atom. The Bertz CT molecular complexity index is 1170. The summed E-state index contributed by atoms with van der Waals surface area (Å²) in [6.07, 6.45) is -0.422. The summed E-state index contributed by atoms with van der Waals surface area (Å²) >= 11 is 0. The lowest BCUT2D eigenvalue weighted by Gasteiger charge is -2.32. The highest BCUT2D eigenvalue weighted by atomic mass is 19.3. The van der Waals surface area contributed by atoms with E-state index in [9.17, 15) is 18.4 Å². The monoisotopic (exact) mass is 531 g/mol. The molecule has 1 aliphatic heterocycles. The Hall–Kier alpha value is -3.76. The number of amides is 2. The molecule has 1 fully saturated rings. The van der Waals surface area contributed by atoms with Crippen LogP contribution >= 0.6 is 0 Å². The molecule has 0 radical (unpaired) electrons. The lowest BCUT2D eigenvalue weighted by atomic mass is 10.0. The fourth-order valence-corrected chi connectivity index (χ4v) is 3.79. The Morgan fingerprint density at radius 1 is 1.21 bits per heavy atom. The third kappa shape index (κ3) is 8.12. The van der Waals surface area contributed by atoms with Crippen LogP contribution in [-0.2, 0) is 4.74 Å². The van der Waals surface area contributed by atoms with Gasteiger partial charge in [0.25, 0.3) is 12.3 Å². The molecule has 0 bridgehead atoms. The topological polar surface area (TPSA) is 119 Å². The van der Waals surface area contributed by atoms with Crippen LogP contribution in [0.3, 0.4) is 0 Å². The number of anilines is 2. The summed E-state index contributed by atoms with van der Waals surface area (Å²) in [4.78, 5) is 35.5. The summed E-state index contributed by atoms with van der Waals surface area (Å²) in [5, 5.41) is 2.55. The van der Waals surface area contributed by atoms with E-state index in [-0.39, 0.29) is 35.4 Å². The first-order valence-corrected chi connectivity index (χ1v) is 12.5. The number of hydrogen-bond acceptors (Lipinski definition) is 7. The first kappa shape index (κ1) is 28.8. The van der Waals surface area contributed by atoms with Gasteiger partial charge >= 0.3 is 6.09 Å². The van der Waals surface area contributed by atoms with Crippen LogP contribution in [0.4, 0.5) is 25.1 Å². The van der Waals surface area contributed by atoms with E-state index in [1.165, 1.54) is 18.2 Å². The highest BCUT2D eigenvalue weighted by Crippen LogP contribution is 2.28. The molecule has 1 aliphatic rings. The van der Waals surface area contributed by atoms with E-state index >= 15 is 0 Å². The number of likely N-dealkylation sites (tertiary alicyclic amines) is 1. The number of aliphatic imine (C=N–C) groups is 1. The smallest absolute Gasteiger partial charge is 0.410 e. The predicted octanol–water partition coefficient (Wildman–Crippen LogP) is 5.46. The predicted molar refractivity (Wildman–Crippen MR) is 142 cm³/mol. The van der Waals surface area contributed by atoms with Gasteiger partial charge in [-0.3, -0.25) is 9.79 Å². The molecule has 206 valence electrons. The van der Waals surface area contributed by atoms with Crippen LogP contribution in [-0.4, -0.2) is 58.9 Å². The van der Waals surface area contributed by atoms with Crippen LogP contribution in [0.5, 0.6) is 5.75 Å². The van der Waals surface area contributed by atoms with Gasteiger partial charge in [-0.05, 0) is 65.7 Å². The average molecular weight is 532 g/mol. The zero-order valence-electron chi connectivity index (χ0n) is 22.3. The lowest BCUT2D eigenvalue weighted by Crippen LogP contribution is -2.42. The number of pyridine rings is 1. The SMILES string of the molecule is CC(C)Oc1cc(N)c(C=NC2CCN(C(=O)OC(C)(C)C)CC2)cc1C(=O)Nc1cccc(C(F)F)n1. The summed E-state index contributed by atoms with van der Waals surface area (Å²) < 4.78 is 37.3. The van der Waals surface area contributed by atoms with Gasteiger partial charge in [0, 0.05) is 36.6 Å². The van der Waals surface area contributed by atoms with E-state index in [1.807, 2.05) is 34.6 Å². The molecule has 0 unspecified atom stereocenters. The van der Waals surface area contributed by atoms with Crippen molar-refractivity contribution in [3.05, 3.63) is 47.2 Å². The fraction of sp³-hybridized carbons (Fsp3) is 0.481. The number of nitrogens with one attached hydrogen (secondary N) is 1. The van der Waals surface area contributed by atoms with Gasteiger partial charge in [-0.15, -0.1) is 0 Å². The number of carbonyl (C=O) groups excluding carboxylic acids is 2. The number of rotatable bonds is 7. The molecule has 0 spiro atoms. The number of aromatic nitrogens is 1. The first-order valence-electron chi connectivity index (χ1n) is 12.5. The number of alkyl halides is 2. The summed E-state index contributed by atoms with van der Waals surface area (Å²) in [6.45, 7) is 10.1. The number of piperidine rings is 1. The molecule has 9 nitrogen and oxygen atoms in total. The molecule has 1 aromatic heterocycles. The maximum absolute atomic E-state index is 13.1. The molecular weight excluding hydrogens is 496 g/mol. The van der Waals surface area contributed by atoms with Crippen molar-refractivity contribution in [3.8, 4) is 5.75 Å². The zero-order chi connectivity index (χ0) is 28.0. The Balaban J connectivity index is 1.76. The molecular formula is C27H35F2N5O4. The highest BCUT2D eigenvalue weighted by Gasteiger charge is 2.26. The molecule has 1 saturated heterocycles. The van der Waals surface area contributed by atoms with E-state index in [0.29, 0.717) is 37.2 Å². The number of carbonyl (C=O) groups is 2. The summed E-state index contributed by atoms with van der Waals surface area (Å²) in [5.41, 5.74) is 6.28. The zero-order valence-corrected chi connectivity index (χ0v) is 22.3. The van der Waals surface area contributed by atoms with Crippen LogP contribution < -0.4 is 15.8 Å². The molecule has 1 aromatic carbocycles. The fourth-order valence-electron chi connectivity index (χ4n) is 3.79. The maximum atomic E-state index is 13.1. The second-order valence-electron chi connectivity index (χ2n) is 10.3. The van der Waals surface area contributed by atoms with Crippen LogP contribution in [0.2, 0.25) is 0 Å². The van der Waals surface area contributed by atoms with Crippen LogP contribution in [0.15, 0.2) is 35.3 Å². The van der Waals surface area contributed by atoms with Crippen molar-refractivity contribution < 1.29 is 27.8 Å². The van der Waals surface area contributed by atoms with Gasteiger partial charge in [0.1, 0.15) is 22.9 Å². The third-order valence-electron chi connectivity index (χ3n) is 5.57. The van der Waals surface area contributed by atoms with Gasteiger partial charge in [0.15, 0.2) is 0 Å². The van der Waals surface area contributed by atoms with Gasteiger partial charge in [-0.25, -0.2) is 18.6 Å². The van der Waals surface area contributed by atoms with Gasteiger partial charge in [0.05, 0.1) is 17.7 Å². The first-order chi connectivity index (χ1) is 17.8. The molecule has 3 N–H and O–H groups in total. The second kappa shape index (κ2) is 12.2. The van der Waals surface area contributed by atoms with Gasteiger partial charge in [0.2, 0.25) is 0 Å². The van der Waals surface area contributed by atoms with Gasteiger partial charge in [-0.1, -0.05) is 6.07 Å². The molecule has 2 heterocycles. The summed E-state index contributed by atoms with van der Waals surface area (Å²) in [7, 11) is 0. The molecule has 0 saturated carbocycles. The van der Waals surface area contributed by atoms with Crippen molar-refractivity contribution in [2.24, 2.45) is 4.99 Å². The second-order valence-corrected chi connectivity index (χ2v) is 10.3. The number of hydrogen-bond donors (Lipinski definition) is 2. The number of halogens is 2. The molecule has 11 heteroatoms. The minimum atomic E-state index is -2.76. The van der Waals surface area contributed by atoms with Gasteiger partial charge in [-0.2, -0.15) is 0 Å². The average Bonchev–Trinajstić information content (AvgIpc) is 2.82. The third-order valence-corrected chi connectivity index (χ3v) is 5.57. The van der Waals surface area contributed by atoms with E-state index in [4.69, 9.17) is 15.2 Å². The van der Waals surface area contributed by atoms with Crippen molar-refractivity contribution >= 4 is 29.7 Å². The van der Waals surface area contributed by atoms with Crippen molar-refractivity contribution in [3.63, 3.8) is 0 Å². The summed E-state index contributed by atoms with van der Waals surface area (Å²) in [6, 6.07) is 7.08. The largest absolute Gasteiger partial charge is 0.490 e. The molecule has 0 aliphatic carbocycles. The van der Waals surface area contributed by atoms with Crippen LogP contribution in [0.1, 0.15) is 75.5 Å². The molecule has 2 amide bonds. The van der Waals surface area contributed by atoms with E-state index in [0.717, 1.165) is 0 Å². The normalized spacial score (nSPS) is 14.8. The van der Waals surface area contributed by atoms with Gasteiger partial charge < -0.3 is 25.4 Å². The van der Waals surface area contributed by atoms with Crippen molar-refractivity contribution in [2.75, 3.05) is 24.1 Å². The highest BCUT2D eigenvalue weighted by molar-refractivity contribution is 6.07. The molecule has 2 aromatic rings. The lowest BCUT2D eigenvalue weighted by molar-refractivity contribution is 0.0207. The number of nitrogens with zero attached hydrogens (tertiary/aromatic N) is 3. The Morgan fingerprint density at radius 3 is 2.50 bits per heavy atom. The van der Waals surface area contributed by atoms with Crippen molar-refractivity contribution in [1.29, 1.82) is 0 Å². The van der Waals surface area contributed by atoms with Crippen molar-refractivity contribution in [1.82, 2.24) is 9.88 Å². The minimum Gasteiger partial charge on any atom is -0.490 e. The van der Waals surface area contributed by atoms with E-state index in [1.54, 1.807) is 23.2 Å². The van der Waals surface area contributed by atoms with E-state index in [2.05, 4.69) is 15.3 Å². The van der Waals surface area contributed by atoms with E-state index < -0.39 is 23.6 Å². The molecule has 0 atom stereocenters. The number of ether oxygens (including phenoxy) is 2. The number of nitrogens with two attached hydrogens (primary N) is 1.